The summed E-state index contributed by atoms with van der Waals surface area (Å²) in [6, 6.07) is 11.8. The number of hydrogen-bond acceptors (Lipinski definition) is 5. The molecule has 1 fully saturated rings. The molecule has 2 heterocycles. The predicted molar refractivity (Wildman–Crippen MR) is 103 cm³/mol. The average Bonchev–Trinajstić information content (AvgIpc) is 3.09. The Kier molecular flexibility index (Phi) is 7.25. The van der Waals surface area contributed by atoms with Crippen molar-refractivity contribution in [2.75, 3.05) is 20.3 Å². The van der Waals surface area contributed by atoms with E-state index in [0.717, 1.165) is 16.2 Å². The lowest BCUT2D eigenvalue weighted by atomic mass is 10.1. The predicted octanol–water partition coefficient (Wildman–Crippen LogP) is 2.84. The summed E-state index contributed by atoms with van der Waals surface area (Å²) in [5.74, 6) is 0.834. The summed E-state index contributed by atoms with van der Waals surface area (Å²) >= 11 is 1.68. The molecule has 0 spiro atoms. The maximum absolute atomic E-state index is 12.3. The lowest BCUT2D eigenvalue weighted by Crippen LogP contribution is -2.55. The van der Waals surface area contributed by atoms with Crippen LogP contribution in [0.25, 0.3) is 10.4 Å². The highest BCUT2D eigenvalue weighted by Gasteiger charge is 2.27. The van der Waals surface area contributed by atoms with Crippen molar-refractivity contribution in [3.63, 3.8) is 0 Å². The molecule has 136 valence electrons. The molecule has 0 unspecified atom stereocenters. The van der Waals surface area contributed by atoms with Crippen molar-refractivity contribution in [1.29, 1.82) is 0 Å². The van der Waals surface area contributed by atoms with Crippen LogP contribution in [0.15, 0.2) is 36.4 Å². The Balaban J connectivity index is 0.00000225. The van der Waals surface area contributed by atoms with Crippen LogP contribution in [0.5, 0.6) is 5.75 Å². The third kappa shape index (κ3) is 4.95. The van der Waals surface area contributed by atoms with Gasteiger partial charge in [-0.25, -0.2) is 0 Å². The number of nitrogens with one attached hydrogen (secondary N) is 2. The van der Waals surface area contributed by atoms with Gasteiger partial charge in [0.2, 0.25) is 5.91 Å². The molecule has 2 N–H and O–H groups in total. The van der Waals surface area contributed by atoms with Gasteiger partial charge in [0.25, 0.3) is 0 Å². The van der Waals surface area contributed by atoms with Crippen molar-refractivity contribution in [2.24, 2.45) is 0 Å². The zero-order valence-electron chi connectivity index (χ0n) is 14.3. The van der Waals surface area contributed by atoms with Crippen molar-refractivity contribution in [3.8, 4) is 16.2 Å². The van der Waals surface area contributed by atoms with Crippen molar-refractivity contribution in [2.45, 2.75) is 25.6 Å². The molecule has 2 atom stereocenters. The van der Waals surface area contributed by atoms with E-state index in [0.29, 0.717) is 19.7 Å². The fourth-order valence-corrected chi connectivity index (χ4v) is 3.65. The van der Waals surface area contributed by atoms with Crippen LogP contribution in [0, 0.1) is 0 Å². The number of halogens is 1. The van der Waals surface area contributed by atoms with Crippen LogP contribution in [0.2, 0.25) is 0 Å². The zero-order valence-corrected chi connectivity index (χ0v) is 15.9. The molecule has 7 heteroatoms. The van der Waals surface area contributed by atoms with Crippen LogP contribution in [0.1, 0.15) is 11.8 Å². The first-order valence-corrected chi connectivity index (χ1v) is 8.85. The van der Waals surface area contributed by atoms with Crippen molar-refractivity contribution in [1.82, 2.24) is 10.6 Å². The molecule has 0 saturated carbocycles. The van der Waals surface area contributed by atoms with E-state index in [4.69, 9.17) is 9.47 Å². The van der Waals surface area contributed by atoms with Gasteiger partial charge in [0.05, 0.1) is 26.4 Å². The monoisotopic (exact) mass is 382 g/mol. The summed E-state index contributed by atoms with van der Waals surface area (Å²) in [7, 11) is 1.66. The normalized spacial score (nSPS) is 19.8. The SMILES string of the molecule is COc1ccc(-c2ccc(CNC(=O)[C@H]3NCCO[C@@H]3C)s2)cc1.Cl. The average molecular weight is 383 g/mol. The molecule has 1 aromatic heterocycles. The maximum atomic E-state index is 12.3. The molecule has 1 aromatic carbocycles. The van der Waals surface area contributed by atoms with E-state index in [2.05, 4.69) is 22.8 Å². The van der Waals surface area contributed by atoms with Gasteiger partial charge in [0.1, 0.15) is 11.8 Å². The van der Waals surface area contributed by atoms with E-state index in [1.807, 2.05) is 31.2 Å². The molecule has 2 aromatic rings. The van der Waals surface area contributed by atoms with E-state index in [1.165, 1.54) is 4.88 Å². The van der Waals surface area contributed by atoms with E-state index >= 15 is 0 Å². The summed E-state index contributed by atoms with van der Waals surface area (Å²) in [6.45, 7) is 3.82. The van der Waals surface area contributed by atoms with Crippen LogP contribution >= 0.6 is 23.7 Å². The molecule has 0 aliphatic carbocycles. The molecule has 1 aliphatic rings. The topological polar surface area (TPSA) is 59.6 Å². The highest BCUT2D eigenvalue weighted by molar-refractivity contribution is 7.15. The summed E-state index contributed by atoms with van der Waals surface area (Å²) in [4.78, 5) is 14.6. The number of benzene rings is 1. The highest BCUT2D eigenvalue weighted by atomic mass is 35.5. The van der Waals surface area contributed by atoms with Gasteiger partial charge in [-0.1, -0.05) is 0 Å². The van der Waals surface area contributed by atoms with Gasteiger partial charge >= 0.3 is 0 Å². The Bertz CT molecular complexity index is 690. The number of rotatable bonds is 5. The molecule has 1 saturated heterocycles. The van der Waals surface area contributed by atoms with Gasteiger partial charge < -0.3 is 20.1 Å². The molecular weight excluding hydrogens is 360 g/mol. The Morgan fingerprint density at radius 3 is 2.76 bits per heavy atom. The van der Waals surface area contributed by atoms with Crippen LogP contribution < -0.4 is 15.4 Å². The minimum absolute atomic E-state index is 0. The molecule has 0 radical (unpaired) electrons. The smallest absolute Gasteiger partial charge is 0.240 e. The minimum Gasteiger partial charge on any atom is -0.497 e. The Labute approximate surface area is 158 Å². The summed E-state index contributed by atoms with van der Waals surface area (Å²) < 4.78 is 10.7. The maximum Gasteiger partial charge on any atom is 0.240 e. The number of carbonyl (C=O) groups is 1. The zero-order chi connectivity index (χ0) is 16.9. The molecule has 1 amide bonds. The van der Waals surface area contributed by atoms with E-state index in [1.54, 1.807) is 18.4 Å². The van der Waals surface area contributed by atoms with Gasteiger partial charge in [-0.15, -0.1) is 23.7 Å². The van der Waals surface area contributed by atoms with Gasteiger partial charge in [-0.3, -0.25) is 4.79 Å². The molecule has 5 nitrogen and oxygen atoms in total. The first-order chi connectivity index (χ1) is 11.7. The summed E-state index contributed by atoms with van der Waals surface area (Å²) in [5.41, 5.74) is 1.15. The van der Waals surface area contributed by atoms with Crippen molar-refractivity contribution in [3.05, 3.63) is 41.3 Å². The number of thiophene rings is 1. The Morgan fingerprint density at radius 1 is 1.32 bits per heavy atom. The highest BCUT2D eigenvalue weighted by Crippen LogP contribution is 2.29. The second-order valence-electron chi connectivity index (χ2n) is 5.72. The second-order valence-corrected chi connectivity index (χ2v) is 6.89. The van der Waals surface area contributed by atoms with E-state index in [9.17, 15) is 4.79 Å². The number of ether oxygens (including phenoxy) is 2. The number of methoxy groups -OCH3 is 1. The summed E-state index contributed by atoms with van der Waals surface area (Å²) in [6.07, 6.45) is -0.100. The lowest BCUT2D eigenvalue weighted by Gasteiger charge is -2.29. The van der Waals surface area contributed by atoms with Gasteiger partial charge in [-0.2, -0.15) is 0 Å². The van der Waals surface area contributed by atoms with Gasteiger partial charge in [0, 0.05) is 16.3 Å². The van der Waals surface area contributed by atoms with Gasteiger partial charge in [0.15, 0.2) is 0 Å². The van der Waals surface area contributed by atoms with E-state index < -0.39 is 0 Å². The second kappa shape index (κ2) is 9.20. The Morgan fingerprint density at radius 2 is 2.08 bits per heavy atom. The third-order valence-corrected chi connectivity index (χ3v) is 5.21. The molecular formula is C18H23ClN2O3S. The van der Waals surface area contributed by atoms with Crippen LogP contribution in [-0.2, 0) is 16.1 Å². The van der Waals surface area contributed by atoms with Gasteiger partial charge in [-0.05, 0) is 48.9 Å². The standard InChI is InChI=1S/C18H22N2O3S.ClH/c1-12-17(19-9-10-23-12)18(21)20-11-15-7-8-16(24-15)13-3-5-14(22-2)6-4-13;/h3-8,12,17,19H,9-11H2,1-2H3,(H,20,21);1H/t12-,17+;/m1./s1. The Hall–Kier alpha value is -1.60. The minimum atomic E-state index is -0.278. The quantitative estimate of drug-likeness (QED) is 0.834. The third-order valence-electron chi connectivity index (χ3n) is 4.07. The van der Waals surface area contributed by atoms with Crippen LogP contribution in [-0.4, -0.2) is 38.3 Å². The lowest BCUT2D eigenvalue weighted by molar-refractivity contribution is -0.129. The number of hydrogen-bond donors (Lipinski definition) is 2. The first-order valence-electron chi connectivity index (χ1n) is 8.03. The fourth-order valence-electron chi connectivity index (χ4n) is 2.69. The van der Waals surface area contributed by atoms with Crippen LogP contribution in [0.4, 0.5) is 0 Å². The number of amides is 1. The molecule has 1 aliphatic heterocycles. The fraction of sp³-hybridized carbons (Fsp3) is 0.389. The molecule has 25 heavy (non-hydrogen) atoms. The largest absolute Gasteiger partial charge is 0.497 e. The van der Waals surface area contributed by atoms with Crippen molar-refractivity contribution < 1.29 is 14.3 Å². The van der Waals surface area contributed by atoms with E-state index in [-0.39, 0.29) is 30.5 Å². The summed E-state index contributed by atoms with van der Waals surface area (Å²) in [5, 5.41) is 6.19. The number of carbonyl (C=O) groups excluding carboxylic acids is 1. The van der Waals surface area contributed by atoms with Crippen LogP contribution in [0.3, 0.4) is 0 Å². The van der Waals surface area contributed by atoms with Crippen molar-refractivity contribution >= 4 is 29.7 Å². The molecule has 0 bridgehead atoms. The first kappa shape index (κ1) is 19.7. The molecule has 3 rings (SSSR count). The number of morpholine rings is 1.